The SMILES string of the molecule is CCN(CC1CCOC1)C(=O)c1nc2nc(C)cc(C)n2n1. The van der Waals surface area contributed by atoms with E-state index in [0.29, 0.717) is 24.8 Å². The third kappa shape index (κ3) is 2.81. The van der Waals surface area contributed by atoms with Gasteiger partial charge < -0.3 is 9.64 Å². The van der Waals surface area contributed by atoms with Crippen molar-refractivity contribution in [2.45, 2.75) is 27.2 Å². The van der Waals surface area contributed by atoms with Crippen LogP contribution in [0, 0.1) is 19.8 Å². The van der Waals surface area contributed by atoms with Crippen LogP contribution in [0.2, 0.25) is 0 Å². The van der Waals surface area contributed by atoms with Gasteiger partial charge in [0, 0.05) is 37.0 Å². The van der Waals surface area contributed by atoms with Crippen LogP contribution in [0.25, 0.3) is 5.78 Å². The van der Waals surface area contributed by atoms with Crippen LogP contribution >= 0.6 is 0 Å². The number of carbonyl (C=O) groups excluding carboxylic acids is 1. The van der Waals surface area contributed by atoms with E-state index in [-0.39, 0.29) is 11.7 Å². The Hall–Kier alpha value is -2.02. The predicted molar refractivity (Wildman–Crippen MR) is 80.8 cm³/mol. The van der Waals surface area contributed by atoms with Gasteiger partial charge >= 0.3 is 0 Å². The largest absolute Gasteiger partial charge is 0.381 e. The van der Waals surface area contributed by atoms with Gasteiger partial charge in [-0.05, 0) is 33.3 Å². The average molecular weight is 303 g/mol. The van der Waals surface area contributed by atoms with Crippen molar-refractivity contribution in [2.75, 3.05) is 26.3 Å². The van der Waals surface area contributed by atoms with Crippen molar-refractivity contribution in [1.29, 1.82) is 0 Å². The highest BCUT2D eigenvalue weighted by atomic mass is 16.5. The van der Waals surface area contributed by atoms with Crippen LogP contribution in [0.5, 0.6) is 0 Å². The minimum atomic E-state index is -0.142. The normalized spacial score (nSPS) is 18.0. The smallest absolute Gasteiger partial charge is 0.293 e. The van der Waals surface area contributed by atoms with Crippen LogP contribution < -0.4 is 0 Å². The highest BCUT2D eigenvalue weighted by molar-refractivity contribution is 5.90. The zero-order chi connectivity index (χ0) is 15.7. The van der Waals surface area contributed by atoms with Crippen LogP contribution in [-0.2, 0) is 4.74 Å². The molecule has 0 aliphatic carbocycles. The molecule has 0 bridgehead atoms. The van der Waals surface area contributed by atoms with Crippen molar-refractivity contribution < 1.29 is 9.53 Å². The van der Waals surface area contributed by atoms with E-state index in [2.05, 4.69) is 15.1 Å². The second kappa shape index (κ2) is 6.00. The van der Waals surface area contributed by atoms with Gasteiger partial charge in [0.15, 0.2) is 0 Å². The Labute approximate surface area is 129 Å². The molecule has 0 N–H and O–H groups in total. The molecule has 0 saturated carbocycles. The summed E-state index contributed by atoms with van der Waals surface area (Å²) in [6.07, 6.45) is 1.00. The van der Waals surface area contributed by atoms with Crippen LogP contribution in [0.15, 0.2) is 6.07 Å². The molecule has 7 nitrogen and oxygen atoms in total. The maximum atomic E-state index is 12.6. The molecule has 1 unspecified atom stereocenters. The predicted octanol–water partition coefficient (Wildman–Crippen LogP) is 1.24. The van der Waals surface area contributed by atoms with E-state index in [4.69, 9.17) is 4.74 Å². The zero-order valence-corrected chi connectivity index (χ0v) is 13.2. The molecule has 1 aliphatic heterocycles. The summed E-state index contributed by atoms with van der Waals surface area (Å²) < 4.78 is 7.00. The minimum Gasteiger partial charge on any atom is -0.381 e. The van der Waals surface area contributed by atoms with Crippen LogP contribution in [0.1, 0.15) is 35.4 Å². The number of hydrogen-bond donors (Lipinski definition) is 0. The van der Waals surface area contributed by atoms with E-state index in [1.54, 1.807) is 9.42 Å². The molecule has 3 rings (SSSR count). The lowest BCUT2D eigenvalue weighted by Gasteiger charge is -2.22. The first-order valence-corrected chi connectivity index (χ1v) is 7.66. The van der Waals surface area contributed by atoms with Gasteiger partial charge in [0.2, 0.25) is 5.82 Å². The van der Waals surface area contributed by atoms with E-state index in [9.17, 15) is 4.79 Å². The molecule has 1 fully saturated rings. The van der Waals surface area contributed by atoms with Gasteiger partial charge in [-0.25, -0.2) is 9.50 Å². The number of ether oxygens (including phenoxy) is 1. The Bertz CT molecular complexity index is 691. The van der Waals surface area contributed by atoms with Crippen molar-refractivity contribution in [1.82, 2.24) is 24.5 Å². The van der Waals surface area contributed by atoms with Crippen molar-refractivity contribution >= 4 is 11.7 Å². The van der Waals surface area contributed by atoms with Crippen LogP contribution in [0.4, 0.5) is 0 Å². The average Bonchev–Trinajstić information content (AvgIpc) is 3.12. The lowest BCUT2D eigenvalue weighted by Crippen LogP contribution is -2.36. The second-order valence-corrected chi connectivity index (χ2v) is 5.76. The molecule has 1 amide bonds. The molecule has 0 spiro atoms. The fourth-order valence-corrected chi connectivity index (χ4v) is 2.79. The minimum absolute atomic E-state index is 0.142. The Balaban J connectivity index is 1.85. The van der Waals surface area contributed by atoms with E-state index in [0.717, 1.165) is 31.0 Å². The molecular weight excluding hydrogens is 282 g/mol. The molecule has 22 heavy (non-hydrogen) atoms. The van der Waals surface area contributed by atoms with Gasteiger partial charge in [-0.2, -0.15) is 4.98 Å². The van der Waals surface area contributed by atoms with Crippen LogP contribution in [-0.4, -0.2) is 56.7 Å². The standard InChI is InChI=1S/C15H21N5O2/c1-4-19(8-12-5-6-22-9-12)14(21)13-17-15-16-10(2)7-11(3)20(15)18-13/h7,12H,4-6,8-9H2,1-3H3. The summed E-state index contributed by atoms with van der Waals surface area (Å²) in [7, 11) is 0. The summed E-state index contributed by atoms with van der Waals surface area (Å²) in [6, 6.07) is 1.92. The fraction of sp³-hybridized carbons (Fsp3) is 0.600. The second-order valence-electron chi connectivity index (χ2n) is 5.76. The molecule has 2 aromatic heterocycles. The molecule has 1 saturated heterocycles. The lowest BCUT2D eigenvalue weighted by atomic mass is 10.1. The van der Waals surface area contributed by atoms with Gasteiger partial charge in [-0.3, -0.25) is 4.79 Å². The van der Waals surface area contributed by atoms with Gasteiger partial charge in [0.1, 0.15) is 0 Å². The summed E-state index contributed by atoms with van der Waals surface area (Å²) >= 11 is 0. The first-order chi connectivity index (χ1) is 10.6. The summed E-state index contributed by atoms with van der Waals surface area (Å²) in [5, 5.41) is 4.32. The molecule has 0 radical (unpaired) electrons. The Morgan fingerprint density at radius 2 is 2.27 bits per heavy atom. The van der Waals surface area contributed by atoms with Gasteiger partial charge in [0.25, 0.3) is 11.7 Å². The number of carbonyl (C=O) groups is 1. The van der Waals surface area contributed by atoms with Crippen molar-refractivity contribution in [3.8, 4) is 0 Å². The number of nitrogens with zero attached hydrogens (tertiary/aromatic N) is 5. The molecule has 7 heteroatoms. The fourth-order valence-electron chi connectivity index (χ4n) is 2.79. The molecule has 2 aromatic rings. The van der Waals surface area contributed by atoms with Crippen molar-refractivity contribution in [2.24, 2.45) is 5.92 Å². The number of amides is 1. The monoisotopic (exact) mass is 303 g/mol. The molecule has 3 heterocycles. The summed E-state index contributed by atoms with van der Waals surface area (Å²) in [4.78, 5) is 23.1. The van der Waals surface area contributed by atoms with Crippen molar-refractivity contribution in [3.05, 3.63) is 23.3 Å². The number of hydrogen-bond acceptors (Lipinski definition) is 5. The third-order valence-corrected chi connectivity index (χ3v) is 3.98. The summed E-state index contributed by atoms with van der Waals surface area (Å²) in [6.45, 7) is 8.64. The molecule has 0 aromatic carbocycles. The molecular formula is C15H21N5O2. The molecule has 1 atom stereocenters. The van der Waals surface area contributed by atoms with Gasteiger partial charge in [-0.15, -0.1) is 5.10 Å². The van der Waals surface area contributed by atoms with Gasteiger partial charge in [-0.1, -0.05) is 0 Å². The number of aromatic nitrogens is 4. The zero-order valence-electron chi connectivity index (χ0n) is 13.2. The first-order valence-electron chi connectivity index (χ1n) is 7.66. The van der Waals surface area contributed by atoms with Crippen molar-refractivity contribution in [3.63, 3.8) is 0 Å². The molecule has 1 aliphatic rings. The van der Waals surface area contributed by atoms with Crippen LogP contribution in [0.3, 0.4) is 0 Å². The first kappa shape index (κ1) is 14.9. The Kier molecular flexibility index (Phi) is 4.06. The maximum Gasteiger partial charge on any atom is 0.293 e. The Morgan fingerprint density at radius 1 is 1.45 bits per heavy atom. The number of rotatable bonds is 4. The van der Waals surface area contributed by atoms with E-state index >= 15 is 0 Å². The maximum absolute atomic E-state index is 12.6. The van der Waals surface area contributed by atoms with E-state index < -0.39 is 0 Å². The number of fused-ring (bicyclic) bond motifs is 1. The quantitative estimate of drug-likeness (QED) is 0.849. The third-order valence-electron chi connectivity index (χ3n) is 3.98. The van der Waals surface area contributed by atoms with E-state index in [1.807, 2.05) is 26.8 Å². The number of aryl methyl sites for hydroxylation is 2. The van der Waals surface area contributed by atoms with Gasteiger partial charge in [0.05, 0.1) is 6.61 Å². The summed E-state index contributed by atoms with van der Waals surface area (Å²) in [5.74, 6) is 0.947. The topological polar surface area (TPSA) is 72.6 Å². The lowest BCUT2D eigenvalue weighted by molar-refractivity contribution is 0.0719. The highest BCUT2D eigenvalue weighted by Crippen LogP contribution is 2.15. The highest BCUT2D eigenvalue weighted by Gasteiger charge is 2.25. The molecule has 118 valence electrons. The van der Waals surface area contributed by atoms with E-state index in [1.165, 1.54) is 0 Å². The summed E-state index contributed by atoms with van der Waals surface area (Å²) in [5.41, 5.74) is 1.79. The Morgan fingerprint density at radius 3 is 2.95 bits per heavy atom.